The van der Waals surface area contributed by atoms with Crippen LogP contribution in [0.4, 0.5) is 0 Å². The minimum atomic E-state index is 0.835. The van der Waals surface area contributed by atoms with Gasteiger partial charge in [-0.3, -0.25) is 4.68 Å². The third kappa shape index (κ3) is 1.57. The number of rotatable bonds is 3. The fourth-order valence-corrected chi connectivity index (χ4v) is 2.12. The van der Waals surface area contributed by atoms with Gasteiger partial charge in [0.2, 0.25) is 0 Å². The molecule has 78 valence electrons. The predicted octanol–water partition coefficient (Wildman–Crippen LogP) is 1.28. The second kappa shape index (κ2) is 3.73. The first kappa shape index (κ1) is 9.71. The van der Waals surface area contributed by atoms with Gasteiger partial charge in [-0.1, -0.05) is 0 Å². The lowest BCUT2D eigenvalue weighted by Crippen LogP contribution is -2.43. The Morgan fingerprint density at radius 2 is 2.14 bits per heavy atom. The molecule has 0 unspecified atom stereocenters. The van der Waals surface area contributed by atoms with Gasteiger partial charge < -0.3 is 5.32 Å². The Kier molecular flexibility index (Phi) is 2.59. The van der Waals surface area contributed by atoms with E-state index < -0.39 is 0 Å². The summed E-state index contributed by atoms with van der Waals surface area (Å²) in [6, 6.07) is 0. The minimum Gasteiger partial charge on any atom is -0.316 e. The third-order valence-electron chi connectivity index (χ3n) is 3.19. The highest BCUT2D eigenvalue weighted by molar-refractivity contribution is 5.25. The normalized spacial score (nSPS) is 17.1. The Labute approximate surface area is 85.5 Å². The molecule has 0 aromatic carbocycles. The van der Waals surface area contributed by atoms with Crippen molar-refractivity contribution in [1.29, 1.82) is 0 Å². The highest BCUT2D eigenvalue weighted by Crippen LogP contribution is 2.19. The summed E-state index contributed by atoms with van der Waals surface area (Å²) in [4.78, 5) is 0. The van der Waals surface area contributed by atoms with Crippen molar-refractivity contribution < 1.29 is 0 Å². The molecular formula is C11H19N3. The van der Waals surface area contributed by atoms with Crippen molar-refractivity contribution in [2.24, 2.45) is 5.92 Å². The Morgan fingerprint density at radius 3 is 2.57 bits per heavy atom. The number of hydrogen-bond donors (Lipinski definition) is 1. The first-order valence-corrected chi connectivity index (χ1v) is 5.46. The molecule has 2 heterocycles. The summed E-state index contributed by atoms with van der Waals surface area (Å²) >= 11 is 0. The average molecular weight is 193 g/mol. The first-order chi connectivity index (χ1) is 6.72. The highest BCUT2D eigenvalue weighted by Gasteiger charge is 2.20. The Bertz CT molecular complexity index is 324. The molecule has 14 heavy (non-hydrogen) atoms. The van der Waals surface area contributed by atoms with Gasteiger partial charge in [-0.2, -0.15) is 5.10 Å². The zero-order valence-corrected chi connectivity index (χ0v) is 9.30. The SMILES string of the molecule is CCn1nc(C)c(CC2CNC2)c1C. The summed E-state index contributed by atoms with van der Waals surface area (Å²) in [6.07, 6.45) is 1.20. The standard InChI is InChI=1S/C11H19N3/c1-4-14-9(3)11(8(2)13-14)5-10-6-12-7-10/h10,12H,4-7H2,1-3H3. The summed E-state index contributed by atoms with van der Waals surface area (Å²) in [5, 5.41) is 7.85. The lowest BCUT2D eigenvalue weighted by molar-refractivity contribution is 0.345. The maximum absolute atomic E-state index is 4.54. The van der Waals surface area contributed by atoms with Crippen LogP contribution in [0.25, 0.3) is 0 Å². The Morgan fingerprint density at radius 1 is 1.43 bits per heavy atom. The van der Waals surface area contributed by atoms with E-state index in [0.717, 1.165) is 12.5 Å². The van der Waals surface area contributed by atoms with Gasteiger partial charge in [0, 0.05) is 12.2 Å². The number of hydrogen-bond acceptors (Lipinski definition) is 2. The van der Waals surface area contributed by atoms with Gasteiger partial charge in [-0.15, -0.1) is 0 Å². The van der Waals surface area contributed by atoms with E-state index in [2.05, 4.69) is 35.9 Å². The summed E-state index contributed by atoms with van der Waals surface area (Å²) in [7, 11) is 0. The molecule has 1 N–H and O–H groups in total. The van der Waals surface area contributed by atoms with Crippen molar-refractivity contribution in [2.75, 3.05) is 13.1 Å². The van der Waals surface area contributed by atoms with Gasteiger partial charge in [-0.25, -0.2) is 0 Å². The second-order valence-corrected chi connectivity index (χ2v) is 4.19. The van der Waals surface area contributed by atoms with E-state index in [1.807, 2.05) is 0 Å². The molecule has 1 aliphatic heterocycles. The zero-order valence-electron chi connectivity index (χ0n) is 9.30. The summed E-state index contributed by atoms with van der Waals surface area (Å²) < 4.78 is 2.11. The van der Waals surface area contributed by atoms with E-state index in [0.29, 0.717) is 0 Å². The van der Waals surface area contributed by atoms with Crippen LogP contribution in [-0.4, -0.2) is 22.9 Å². The lowest BCUT2D eigenvalue weighted by atomic mass is 9.93. The van der Waals surface area contributed by atoms with Crippen molar-refractivity contribution in [2.45, 2.75) is 33.7 Å². The van der Waals surface area contributed by atoms with Crippen molar-refractivity contribution in [3.05, 3.63) is 17.0 Å². The zero-order chi connectivity index (χ0) is 10.1. The van der Waals surface area contributed by atoms with Gasteiger partial charge in [0.25, 0.3) is 0 Å². The number of aryl methyl sites for hydroxylation is 2. The second-order valence-electron chi connectivity index (χ2n) is 4.19. The minimum absolute atomic E-state index is 0.835. The molecule has 0 amide bonds. The molecule has 3 heteroatoms. The molecule has 1 aromatic rings. The molecule has 1 saturated heterocycles. The van der Waals surface area contributed by atoms with Crippen LogP contribution in [0.1, 0.15) is 23.9 Å². The molecule has 1 aliphatic rings. The fraction of sp³-hybridized carbons (Fsp3) is 0.727. The van der Waals surface area contributed by atoms with Gasteiger partial charge in [-0.05, 0) is 51.8 Å². The van der Waals surface area contributed by atoms with E-state index in [4.69, 9.17) is 0 Å². The maximum atomic E-state index is 4.54. The molecule has 0 atom stereocenters. The van der Waals surface area contributed by atoms with Crippen LogP contribution in [0.2, 0.25) is 0 Å². The van der Waals surface area contributed by atoms with Gasteiger partial charge in [0.15, 0.2) is 0 Å². The van der Waals surface area contributed by atoms with E-state index in [1.54, 1.807) is 0 Å². The van der Waals surface area contributed by atoms with Crippen molar-refractivity contribution in [3.63, 3.8) is 0 Å². The van der Waals surface area contributed by atoms with Crippen LogP contribution in [0.3, 0.4) is 0 Å². The summed E-state index contributed by atoms with van der Waals surface area (Å²) in [6.45, 7) is 9.79. The predicted molar refractivity (Wildman–Crippen MR) is 57.4 cm³/mol. The van der Waals surface area contributed by atoms with Crippen LogP contribution in [0.15, 0.2) is 0 Å². The molecule has 0 aliphatic carbocycles. The molecule has 1 aromatic heterocycles. The van der Waals surface area contributed by atoms with Crippen molar-refractivity contribution in [1.82, 2.24) is 15.1 Å². The maximum Gasteiger partial charge on any atom is 0.0628 e. The van der Waals surface area contributed by atoms with Gasteiger partial charge in [0.1, 0.15) is 0 Å². The molecule has 0 bridgehead atoms. The van der Waals surface area contributed by atoms with Crippen LogP contribution in [-0.2, 0) is 13.0 Å². The fourth-order valence-electron chi connectivity index (χ4n) is 2.12. The monoisotopic (exact) mass is 193 g/mol. The van der Waals surface area contributed by atoms with Crippen molar-refractivity contribution >= 4 is 0 Å². The average Bonchev–Trinajstić information content (AvgIpc) is 2.36. The lowest BCUT2D eigenvalue weighted by Gasteiger charge is -2.27. The molecule has 2 rings (SSSR count). The molecule has 0 saturated carbocycles. The van der Waals surface area contributed by atoms with E-state index in [9.17, 15) is 0 Å². The summed E-state index contributed by atoms with van der Waals surface area (Å²) in [5.41, 5.74) is 4.05. The van der Waals surface area contributed by atoms with E-state index in [-0.39, 0.29) is 0 Å². The largest absolute Gasteiger partial charge is 0.316 e. The summed E-state index contributed by atoms with van der Waals surface area (Å²) in [5.74, 6) is 0.835. The van der Waals surface area contributed by atoms with E-state index >= 15 is 0 Å². The Hall–Kier alpha value is -0.830. The smallest absolute Gasteiger partial charge is 0.0628 e. The van der Waals surface area contributed by atoms with Crippen LogP contribution < -0.4 is 5.32 Å². The molecule has 0 radical (unpaired) electrons. The van der Waals surface area contributed by atoms with Gasteiger partial charge >= 0.3 is 0 Å². The third-order valence-corrected chi connectivity index (χ3v) is 3.19. The van der Waals surface area contributed by atoms with Crippen LogP contribution in [0.5, 0.6) is 0 Å². The topological polar surface area (TPSA) is 29.9 Å². The van der Waals surface area contributed by atoms with Gasteiger partial charge in [0.05, 0.1) is 5.69 Å². The number of nitrogens with one attached hydrogen (secondary N) is 1. The van der Waals surface area contributed by atoms with Crippen LogP contribution >= 0.6 is 0 Å². The quantitative estimate of drug-likeness (QED) is 0.783. The molecule has 3 nitrogen and oxygen atoms in total. The van der Waals surface area contributed by atoms with Crippen LogP contribution in [0, 0.1) is 19.8 Å². The number of aromatic nitrogens is 2. The molecular weight excluding hydrogens is 174 g/mol. The Balaban J connectivity index is 2.18. The number of nitrogens with zero attached hydrogens (tertiary/aromatic N) is 2. The molecule has 0 spiro atoms. The highest BCUT2D eigenvalue weighted by atomic mass is 15.3. The first-order valence-electron chi connectivity index (χ1n) is 5.46. The van der Waals surface area contributed by atoms with E-state index in [1.165, 1.54) is 36.5 Å². The molecule has 1 fully saturated rings. The van der Waals surface area contributed by atoms with Crippen molar-refractivity contribution in [3.8, 4) is 0 Å².